The summed E-state index contributed by atoms with van der Waals surface area (Å²) in [6, 6.07) is 5.01. The number of hydrogen-bond acceptors (Lipinski definition) is 7. The third-order valence-corrected chi connectivity index (χ3v) is 7.19. The average molecular weight is 551 g/mol. The first kappa shape index (κ1) is 29.8. The highest BCUT2D eigenvalue weighted by Gasteiger charge is 2.36. The fourth-order valence-corrected chi connectivity index (χ4v) is 5.47. The van der Waals surface area contributed by atoms with Crippen molar-refractivity contribution in [3.63, 3.8) is 0 Å². The molecule has 0 atom stereocenters. The first-order valence-corrected chi connectivity index (χ1v) is 13.7. The number of aryl methyl sites for hydroxylation is 1. The SMILES string of the molecule is CCCN(Cc1ccc(CN(C)C)nc1C(F)(F)F)C(=O)C1=Cc2sc(CCCCCN)cc2N=C(N)C1. The molecule has 0 saturated carbocycles. The van der Waals surface area contributed by atoms with Crippen LogP contribution in [0.4, 0.5) is 18.9 Å². The number of rotatable bonds is 12. The predicted octanol–water partition coefficient (Wildman–Crippen LogP) is 5.11. The summed E-state index contributed by atoms with van der Waals surface area (Å²) >= 11 is 1.57. The molecule has 1 aliphatic heterocycles. The lowest BCUT2D eigenvalue weighted by molar-refractivity contribution is -0.143. The molecule has 0 aromatic carbocycles. The molecule has 0 spiro atoms. The van der Waals surface area contributed by atoms with Crippen LogP contribution in [0.25, 0.3) is 6.08 Å². The van der Waals surface area contributed by atoms with Gasteiger partial charge in [-0.3, -0.25) is 4.79 Å². The van der Waals surface area contributed by atoms with Crippen LogP contribution in [0, 0.1) is 0 Å². The zero-order valence-electron chi connectivity index (χ0n) is 22.3. The molecule has 1 aliphatic rings. The highest BCUT2D eigenvalue weighted by Crippen LogP contribution is 2.36. The number of unbranched alkanes of at least 4 members (excludes halogenated alkanes) is 2. The zero-order chi connectivity index (χ0) is 27.9. The van der Waals surface area contributed by atoms with Crippen LogP contribution in [-0.4, -0.2) is 53.7 Å². The summed E-state index contributed by atoms with van der Waals surface area (Å²) in [5, 5.41) is 0. The lowest BCUT2D eigenvalue weighted by Gasteiger charge is -2.25. The van der Waals surface area contributed by atoms with Gasteiger partial charge in [0, 0.05) is 42.1 Å². The van der Waals surface area contributed by atoms with E-state index in [2.05, 4.69) is 9.98 Å². The van der Waals surface area contributed by atoms with Gasteiger partial charge in [-0.05, 0) is 64.5 Å². The first-order valence-electron chi connectivity index (χ1n) is 12.9. The molecule has 7 nitrogen and oxygen atoms in total. The molecule has 1 amide bonds. The van der Waals surface area contributed by atoms with Crippen molar-refractivity contribution in [2.75, 3.05) is 27.2 Å². The van der Waals surface area contributed by atoms with E-state index in [0.29, 0.717) is 36.6 Å². The highest BCUT2D eigenvalue weighted by molar-refractivity contribution is 7.13. The molecule has 4 N–H and O–H groups in total. The van der Waals surface area contributed by atoms with E-state index in [1.165, 1.54) is 11.0 Å². The van der Waals surface area contributed by atoms with E-state index in [9.17, 15) is 18.0 Å². The number of thiophene rings is 1. The number of carbonyl (C=O) groups is 1. The third-order valence-electron chi connectivity index (χ3n) is 6.06. The van der Waals surface area contributed by atoms with Crippen molar-refractivity contribution in [2.24, 2.45) is 16.5 Å². The molecule has 0 unspecified atom stereocenters. The van der Waals surface area contributed by atoms with Crippen LogP contribution in [0.2, 0.25) is 0 Å². The van der Waals surface area contributed by atoms with Gasteiger partial charge in [-0.1, -0.05) is 19.4 Å². The van der Waals surface area contributed by atoms with Gasteiger partial charge in [0.15, 0.2) is 0 Å². The van der Waals surface area contributed by atoms with E-state index in [1.807, 2.05) is 13.0 Å². The molecule has 3 heterocycles. The fraction of sp³-hybridized carbons (Fsp3) is 0.519. The Bertz CT molecular complexity index is 1170. The Hall–Kier alpha value is -2.76. The van der Waals surface area contributed by atoms with Gasteiger partial charge in [0.25, 0.3) is 5.91 Å². The van der Waals surface area contributed by atoms with Crippen molar-refractivity contribution >= 4 is 34.8 Å². The topological polar surface area (TPSA) is 101 Å². The maximum atomic E-state index is 13.9. The van der Waals surface area contributed by atoms with E-state index in [1.54, 1.807) is 42.5 Å². The van der Waals surface area contributed by atoms with Crippen LogP contribution in [0.1, 0.15) is 65.7 Å². The molecular weight excluding hydrogens is 513 g/mol. The normalized spacial score (nSPS) is 13.7. The average Bonchev–Trinajstić information content (AvgIpc) is 3.13. The Labute approximate surface area is 226 Å². The van der Waals surface area contributed by atoms with Crippen molar-refractivity contribution in [3.8, 4) is 0 Å². The molecule has 0 fully saturated rings. The van der Waals surface area contributed by atoms with Crippen molar-refractivity contribution in [1.82, 2.24) is 14.8 Å². The van der Waals surface area contributed by atoms with Crippen molar-refractivity contribution in [3.05, 3.63) is 50.5 Å². The van der Waals surface area contributed by atoms with Crippen molar-refractivity contribution < 1.29 is 18.0 Å². The highest BCUT2D eigenvalue weighted by atomic mass is 32.1. The Kier molecular flexibility index (Phi) is 10.5. The van der Waals surface area contributed by atoms with E-state index in [-0.39, 0.29) is 31.0 Å². The summed E-state index contributed by atoms with van der Waals surface area (Å²) in [6.45, 7) is 2.94. The van der Waals surface area contributed by atoms with Crippen LogP contribution < -0.4 is 11.5 Å². The summed E-state index contributed by atoms with van der Waals surface area (Å²) in [4.78, 5) is 27.3. The predicted molar refractivity (Wildman–Crippen MR) is 147 cm³/mol. The van der Waals surface area contributed by atoms with E-state index in [0.717, 1.165) is 41.1 Å². The molecule has 208 valence electrons. The zero-order valence-corrected chi connectivity index (χ0v) is 23.1. The number of nitrogens with two attached hydrogens (primary N) is 2. The molecule has 3 rings (SSSR count). The number of hydrogen-bond donors (Lipinski definition) is 2. The van der Waals surface area contributed by atoms with E-state index in [4.69, 9.17) is 11.5 Å². The molecule has 0 aliphatic carbocycles. The van der Waals surface area contributed by atoms with Gasteiger partial charge in [-0.2, -0.15) is 13.2 Å². The summed E-state index contributed by atoms with van der Waals surface area (Å²) in [6.07, 6.45) is 1.81. The summed E-state index contributed by atoms with van der Waals surface area (Å²) in [5.41, 5.74) is 12.2. The minimum Gasteiger partial charge on any atom is -0.387 e. The molecule has 0 radical (unpaired) electrons. The number of fused-ring (bicyclic) bond motifs is 1. The van der Waals surface area contributed by atoms with Gasteiger partial charge >= 0.3 is 6.18 Å². The van der Waals surface area contributed by atoms with Crippen LogP contribution in [0.5, 0.6) is 0 Å². The van der Waals surface area contributed by atoms with E-state index < -0.39 is 11.9 Å². The van der Waals surface area contributed by atoms with Gasteiger partial charge in [0.1, 0.15) is 11.5 Å². The minimum atomic E-state index is -4.64. The van der Waals surface area contributed by atoms with Gasteiger partial charge < -0.3 is 21.3 Å². The molecule has 2 aromatic rings. The number of alkyl halides is 3. The lowest BCUT2D eigenvalue weighted by Crippen LogP contribution is -2.34. The standard InChI is InChI=1S/C27H37F3N6OS/c1-4-12-36(16-18-9-10-20(17-35(2)3)33-25(18)27(28,29)30)26(37)19-13-23-22(34-24(32)14-19)15-21(38-23)8-6-5-7-11-31/h9-10,13,15H,4-8,11-12,14,16-17,31H2,1-3H3,(H2,32,34). The summed E-state index contributed by atoms with van der Waals surface area (Å²) < 4.78 is 41.8. The van der Waals surface area contributed by atoms with Crippen LogP contribution in [0.15, 0.2) is 28.8 Å². The number of amides is 1. The Morgan fingerprint density at radius 2 is 1.92 bits per heavy atom. The second-order valence-corrected chi connectivity index (χ2v) is 11.0. The smallest absolute Gasteiger partial charge is 0.387 e. The largest absolute Gasteiger partial charge is 0.433 e. The number of halogens is 3. The molecule has 0 bridgehead atoms. The molecular formula is C27H37F3N6OS. The number of pyridine rings is 1. The number of aliphatic imine (C=N–C) groups is 1. The number of nitrogens with zero attached hydrogens (tertiary/aromatic N) is 4. The van der Waals surface area contributed by atoms with Crippen LogP contribution in [-0.2, 0) is 30.5 Å². The lowest BCUT2D eigenvalue weighted by atomic mass is 10.1. The van der Waals surface area contributed by atoms with Crippen LogP contribution in [0.3, 0.4) is 0 Å². The second kappa shape index (κ2) is 13.3. The Morgan fingerprint density at radius 1 is 1.16 bits per heavy atom. The fourth-order valence-electron chi connectivity index (χ4n) is 4.36. The number of amidine groups is 1. The number of carbonyl (C=O) groups excluding carboxylic acids is 1. The Morgan fingerprint density at radius 3 is 2.58 bits per heavy atom. The van der Waals surface area contributed by atoms with E-state index >= 15 is 0 Å². The maximum Gasteiger partial charge on any atom is 0.433 e. The molecule has 0 saturated heterocycles. The molecule has 2 aromatic heterocycles. The maximum absolute atomic E-state index is 13.9. The number of aromatic nitrogens is 1. The van der Waals surface area contributed by atoms with Gasteiger partial charge in [-0.15, -0.1) is 11.3 Å². The van der Waals surface area contributed by atoms with Crippen molar-refractivity contribution in [2.45, 2.75) is 64.7 Å². The Balaban J connectivity index is 1.88. The quantitative estimate of drug-likeness (QED) is 0.358. The van der Waals surface area contributed by atoms with Crippen LogP contribution >= 0.6 is 11.3 Å². The molecule has 11 heteroatoms. The van der Waals surface area contributed by atoms with Crippen molar-refractivity contribution in [1.29, 1.82) is 0 Å². The first-order chi connectivity index (χ1) is 18.0. The third kappa shape index (κ3) is 8.12. The monoisotopic (exact) mass is 550 g/mol. The minimum absolute atomic E-state index is 0.0331. The van der Waals surface area contributed by atoms with Gasteiger partial charge in [0.05, 0.1) is 16.3 Å². The summed E-state index contributed by atoms with van der Waals surface area (Å²) in [5.74, 6) is -0.0424. The summed E-state index contributed by atoms with van der Waals surface area (Å²) in [7, 11) is 3.54. The van der Waals surface area contributed by atoms with Gasteiger partial charge in [0.2, 0.25) is 0 Å². The second-order valence-electron chi connectivity index (χ2n) is 9.78. The van der Waals surface area contributed by atoms with Gasteiger partial charge in [-0.25, -0.2) is 9.98 Å². The molecule has 38 heavy (non-hydrogen) atoms.